The van der Waals surface area contributed by atoms with Crippen LogP contribution in [0, 0.1) is 12.7 Å². The molecule has 3 rings (SSSR count). The number of hydrogen-bond donors (Lipinski definition) is 0. The van der Waals surface area contributed by atoms with Gasteiger partial charge in [0, 0.05) is 18.5 Å². The van der Waals surface area contributed by atoms with E-state index in [1.165, 1.54) is 17.0 Å². The number of fused-ring (bicyclic) bond motifs is 1. The number of para-hydroxylation sites is 1. The predicted octanol–water partition coefficient (Wildman–Crippen LogP) is 3.37. The quantitative estimate of drug-likeness (QED) is 0.804. The molecule has 0 fully saturated rings. The summed E-state index contributed by atoms with van der Waals surface area (Å²) in [4.78, 5) is 26.0. The lowest BCUT2D eigenvalue weighted by Gasteiger charge is -2.28. The second-order valence-electron chi connectivity index (χ2n) is 5.13. The normalized spacial score (nSPS) is 14.0. The molecule has 0 saturated heterocycles. The van der Waals surface area contributed by atoms with Gasteiger partial charge in [0.25, 0.3) is 5.91 Å². The van der Waals surface area contributed by atoms with Gasteiger partial charge >= 0.3 is 0 Å². The molecule has 0 spiro atoms. The van der Waals surface area contributed by atoms with Crippen LogP contribution in [0.1, 0.15) is 32.7 Å². The molecule has 0 unspecified atom stereocenters. The summed E-state index contributed by atoms with van der Waals surface area (Å²) in [5.74, 6) is -0.935. The van der Waals surface area contributed by atoms with E-state index in [1.54, 1.807) is 30.3 Å². The molecule has 1 aliphatic rings. The van der Waals surface area contributed by atoms with E-state index in [4.69, 9.17) is 0 Å². The number of aryl methyl sites for hydroxylation is 1. The standard InChI is InChI=1S/C17H14FNO2/c1-11-6-7-14(18)13(10-11)17(21)19-9-8-16(20)12-4-2-3-5-15(12)19/h2-7,10H,8-9H2,1H3. The Balaban J connectivity index is 2.05. The van der Waals surface area contributed by atoms with Crippen molar-refractivity contribution >= 4 is 17.4 Å². The van der Waals surface area contributed by atoms with E-state index >= 15 is 0 Å². The number of amides is 1. The van der Waals surface area contributed by atoms with Gasteiger partial charge in [0.1, 0.15) is 5.82 Å². The van der Waals surface area contributed by atoms with Gasteiger partial charge in [-0.25, -0.2) is 4.39 Å². The molecular formula is C17H14FNO2. The van der Waals surface area contributed by atoms with Gasteiger partial charge in [-0.15, -0.1) is 0 Å². The molecule has 0 N–H and O–H groups in total. The van der Waals surface area contributed by atoms with Gasteiger partial charge in [-0.2, -0.15) is 0 Å². The number of halogens is 1. The third kappa shape index (κ3) is 2.33. The summed E-state index contributed by atoms with van der Waals surface area (Å²) in [6.07, 6.45) is 0.260. The number of ketones is 1. The molecule has 1 heterocycles. The minimum Gasteiger partial charge on any atom is -0.307 e. The molecule has 1 aliphatic heterocycles. The van der Waals surface area contributed by atoms with Gasteiger partial charge in [0.15, 0.2) is 5.78 Å². The molecule has 4 heteroatoms. The van der Waals surface area contributed by atoms with Crippen LogP contribution < -0.4 is 4.90 Å². The zero-order valence-electron chi connectivity index (χ0n) is 11.6. The van der Waals surface area contributed by atoms with Crippen LogP contribution in [-0.4, -0.2) is 18.2 Å². The van der Waals surface area contributed by atoms with Crippen molar-refractivity contribution in [3.8, 4) is 0 Å². The molecule has 0 radical (unpaired) electrons. The highest BCUT2D eigenvalue weighted by Gasteiger charge is 2.28. The summed E-state index contributed by atoms with van der Waals surface area (Å²) < 4.78 is 13.9. The Morgan fingerprint density at radius 3 is 2.76 bits per heavy atom. The fourth-order valence-electron chi connectivity index (χ4n) is 2.57. The van der Waals surface area contributed by atoms with Crippen LogP contribution in [-0.2, 0) is 0 Å². The lowest BCUT2D eigenvalue weighted by Crippen LogP contribution is -2.37. The summed E-state index contributed by atoms with van der Waals surface area (Å²) in [5.41, 5.74) is 1.94. The van der Waals surface area contributed by atoms with Crippen LogP contribution >= 0.6 is 0 Å². The molecular weight excluding hydrogens is 269 g/mol. The average Bonchev–Trinajstić information content (AvgIpc) is 2.50. The van der Waals surface area contributed by atoms with Gasteiger partial charge in [0.05, 0.1) is 11.3 Å². The number of anilines is 1. The Morgan fingerprint density at radius 1 is 1.19 bits per heavy atom. The minimum absolute atomic E-state index is 0.0133. The largest absolute Gasteiger partial charge is 0.307 e. The number of rotatable bonds is 1. The van der Waals surface area contributed by atoms with Crippen molar-refractivity contribution in [2.75, 3.05) is 11.4 Å². The first kappa shape index (κ1) is 13.5. The molecule has 1 amide bonds. The lowest BCUT2D eigenvalue weighted by atomic mass is 9.99. The fourth-order valence-corrected chi connectivity index (χ4v) is 2.57. The summed E-state index contributed by atoms with van der Waals surface area (Å²) in [6.45, 7) is 2.09. The van der Waals surface area contributed by atoms with Crippen LogP contribution in [0.2, 0.25) is 0 Å². The SMILES string of the molecule is Cc1ccc(F)c(C(=O)N2CCC(=O)c3ccccc32)c1. The molecule has 2 aromatic carbocycles. The number of hydrogen-bond acceptors (Lipinski definition) is 2. The number of carbonyl (C=O) groups is 2. The van der Waals surface area contributed by atoms with Gasteiger partial charge in [-0.05, 0) is 31.2 Å². The Hall–Kier alpha value is -2.49. The molecule has 0 aromatic heterocycles. The van der Waals surface area contributed by atoms with Gasteiger partial charge in [-0.3, -0.25) is 9.59 Å². The average molecular weight is 283 g/mol. The summed E-state index contributed by atoms with van der Waals surface area (Å²) in [5, 5.41) is 0. The topological polar surface area (TPSA) is 37.4 Å². The Kier molecular flexibility index (Phi) is 3.29. The Bertz CT molecular complexity index is 739. The van der Waals surface area contributed by atoms with Crippen LogP contribution in [0.5, 0.6) is 0 Å². The number of benzene rings is 2. The molecule has 2 aromatic rings. The Morgan fingerprint density at radius 2 is 1.95 bits per heavy atom. The molecule has 106 valence electrons. The number of nitrogens with zero attached hydrogens (tertiary/aromatic N) is 1. The van der Waals surface area contributed by atoms with Crippen LogP contribution in [0.15, 0.2) is 42.5 Å². The van der Waals surface area contributed by atoms with E-state index in [2.05, 4.69) is 0 Å². The highest BCUT2D eigenvalue weighted by molar-refractivity contribution is 6.13. The maximum atomic E-state index is 13.9. The van der Waals surface area contributed by atoms with Crippen LogP contribution in [0.25, 0.3) is 0 Å². The van der Waals surface area contributed by atoms with E-state index in [9.17, 15) is 14.0 Å². The second kappa shape index (κ2) is 5.13. The third-order valence-corrected chi connectivity index (χ3v) is 3.66. The maximum Gasteiger partial charge on any atom is 0.261 e. The first-order valence-corrected chi connectivity index (χ1v) is 6.78. The van der Waals surface area contributed by atoms with Crippen molar-refractivity contribution in [2.24, 2.45) is 0 Å². The molecule has 3 nitrogen and oxygen atoms in total. The van der Waals surface area contributed by atoms with Gasteiger partial charge in [0.2, 0.25) is 0 Å². The summed E-state index contributed by atoms with van der Waals surface area (Å²) in [6, 6.07) is 11.4. The maximum absolute atomic E-state index is 13.9. The van der Waals surface area contributed by atoms with Crippen LogP contribution in [0.4, 0.5) is 10.1 Å². The molecule has 21 heavy (non-hydrogen) atoms. The zero-order valence-corrected chi connectivity index (χ0v) is 11.6. The van der Waals surface area contributed by atoms with Crippen molar-refractivity contribution in [1.82, 2.24) is 0 Å². The predicted molar refractivity (Wildman–Crippen MR) is 78.2 cm³/mol. The Labute approximate surface area is 122 Å². The monoisotopic (exact) mass is 283 g/mol. The van der Waals surface area contributed by atoms with E-state index < -0.39 is 11.7 Å². The van der Waals surface area contributed by atoms with E-state index in [1.807, 2.05) is 6.92 Å². The lowest BCUT2D eigenvalue weighted by molar-refractivity contribution is 0.0953. The smallest absolute Gasteiger partial charge is 0.261 e. The van der Waals surface area contributed by atoms with E-state index in [0.717, 1.165) is 5.56 Å². The molecule has 0 atom stereocenters. The third-order valence-electron chi connectivity index (χ3n) is 3.66. The highest BCUT2D eigenvalue weighted by atomic mass is 19.1. The van der Waals surface area contributed by atoms with Crippen molar-refractivity contribution in [2.45, 2.75) is 13.3 Å². The van der Waals surface area contributed by atoms with Crippen LogP contribution in [0.3, 0.4) is 0 Å². The summed E-state index contributed by atoms with van der Waals surface area (Å²) in [7, 11) is 0. The highest BCUT2D eigenvalue weighted by Crippen LogP contribution is 2.28. The molecule has 0 saturated carbocycles. The molecule has 0 aliphatic carbocycles. The van der Waals surface area contributed by atoms with E-state index in [-0.39, 0.29) is 24.3 Å². The first-order chi connectivity index (χ1) is 10.1. The second-order valence-corrected chi connectivity index (χ2v) is 5.13. The van der Waals surface area contributed by atoms with Gasteiger partial charge in [-0.1, -0.05) is 23.8 Å². The van der Waals surface area contributed by atoms with Crippen molar-refractivity contribution < 1.29 is 14.0 Å². The first-order valence-electron chi connectivity index (χ1n) is 6.78. The zero-order chi connectivity index (χ0) is 15.0. The van der Waals surface area contributed by atoms with Gasteiger partial charge < -0.3 is 4.90 Å². The fraction of sp³-hybridized carbons (Fsp3) is 0.176. The summed E-state index contributed by atoms with van der Waals surface area (Å²) >= 11 is 0. The van der Waals surface area contributed by atoms with Crippen molar-refractivity contribution in [3.05, 3.63) is 65.0 Å². The van der Waals surface area contributed by atoms with Crippen molar-refractivity contribution in [1.29, 1.82) is 0 Å². The number of Topliss-reactive ketones (excluding diaryl/α,β-unsaturated/α-hetero) is 1. The van der Waals surface area contributed by atoms with Crippen molar-refractivity contribution in [3.63, 3.8) is 0 Å². The number of carbonyl (C=O) groups excluding carboxylic acids is 2. The molecule has 0 bridgehead atoms. The minimum atomic E-state index is -0.542. The van der Waals surface area contributed by atoms with E-state index in [0.29, 0.717) is 11.3 Å².